The normalized spacial score (nSPS) is 26.8. The van der Waals surface area contributed by atoms with Gasteiger partial charge in [-0.15, -0.1) is 0 Å². The van der Waals surface area contributed by atoms with Crippen LogP contribution >= 0.6 is 0 Å². The standard InChI is InChI=1S/C28H29N3O7/c1-11-4-5-12(10-17(11)29)14-6-7-18(32)20-15(14)8-13-9-16-22(31(2)3)24(34)21(27(30)37)26(36)28(16,38)25(35)19(13)23(20)33/h4-7,10,13,16,22,32-33,36,38H,8-9,29H2,1-3H3,(H2,30,37)/t13-,16-,22-,28-/m0/s1. The van der Waals surface area contributed by atoms with E-state index >= 15 is 0 Å². The molecule has 0 aromatic heterocycles. The average molecular weight is 520 g/mol. The Hall–Kier alpha value is -4.15. The average Bonchev–Trinajstić information content (AvgIpc) is 2.83. The van der Waals surface area contributed by atoms with E-state index in [2.05, 4.69) is 0 Å². The van der Waals surface area contributed by atoms with Crippen molar-refractivity contribution >= 4 is 28.9 Å². The molecule has 10 nitrogen and oxygen atoms in total. The topological polar surface area (TPSA) is 187 Å². The fraction of sp³-hybridized carbons (Fsp3) is 0.321. The number of anilines is 1. The van der Waals surface area contributed by atoms with E-state index < -0.39 is 58.0 Å². The Morgan fingerprint density at radius 1 is 1.11 bits per heavy atom. The highest BCUT2D eigenvalue weighted by Crippen LogP contribution is 2.53. The van der Waals surface area contributed by atoms with Crippen LogP contribution in [0.4, 0.5) is 5.69 Å². The van der Waals surface area contributed by atoms with E-state index in [9.17, 15) is 34.8 Å². The summed E-state index contributed by atoms with van der Waals surface area (Å²) in [5, 5.41) is 44.7. The van der Waals surface area contributed by atoms with Gasteiger partial charge in [0.2, 0.25) is 5.78 Å². The van der Waals surface area contributed by atoms with Gasteiger partial charge in [-0.05, 0) is 74.2 Å². The van der Waals surface area contributed by atoms with Crippen molar-refractivity contribution in [1.29, 1.82) is 0 Å². The quantitative estimate of drug-likeness (QED) is 0.258. The van der Waals surface area contributed by atoms with E-state index in [4.69, 9.17) is 11.5 Å². The van der Waals surface area contributed by atoms with Gasteiger partial charge in [0.05, 0.1) is 11.6 Å². The largest absolute Gasteiger partial charge is 0.508 e. The molecule has 0 spiro atoms. The lowest BCUT2D eigenvalue weighted by Gasteiger charge is -2.50. The minimum Gasteiger partial charge on any atom is -0.508 e. The monoisotopic (exact) mass is 519 g/mol. The predicted octanol–water partition coefficient (Wildman–Crippen LogP) is 1.52. The number of nitrogens with two attached hydrogens (primary N) is 2. The van der Waals surface area contributed by atoms with Crippen LogP contribution in [0.2, 0.25) is 0 Å². The first-order valence-corrected chi connectivity index (χ1v) is 12.2. The number of phenols is 1. The Kier molecular flexibility index (Phi) is 5.66. The van der Waals surface area contributed by atoms with Crippen LogP contribution in [-0.2, 0) is 20.8 Å². The molecule has 0 bridgehead atoms. The van der Waals surface area contributed by atoms with Crippen molar-refractivity contribution in [3.8, 4) is 16.9 Å². The van der Waals surface area contributed by atoms with Crippen LogP contribution in [0.1, 0.15) is 23.1 Å². The number of hydrogen-bond acceptors (Lipinski definition) is 9. The van der Waals surface area contributed by atoms with Crippen molar-refractivity contribution in [1.82, 2.24) is 4.90 Å². The molecule has 4 atom stereocenters. The van der Waals surface area contributed by atoms with E-state index in [0.717, 1.165) is 11.1 Å². The van der Waals surface area contributed by atoms with Gasteiger partial charge in [-0.2, -0.15) is 0 Å². The Balaban J connectivity index is 1.74. The summed E-state index contributed by atoms with van der Waals surface area (Å²) in [5.41, 5.74) is 11.3. The maximum Gasteiger partial charge on any atom is 0.255 e. The second-order valence-corrected chi connectivity index (χ2v) is 10.5. The summed E-state index contributed by atoms with van der Waals surface area (Å²) in [6.45, 7) is 1.88. The van der Waals surface area contributed by atoms with Crippen LogP contribution in [0.3, 0.4) is 0 Å². The number of Topliss-reactive ketones (excluding diaryl/α,β-unsaturated/α-hetero) is 2. The zero-order chi connectivity index (χ0) is 27.8. The first-order chi connectivity index (χ1) is 17.8. The zero-order valence-corrected chi connectivity index (χ0v) is 21.1. The molecule has 0 radical (unpaired) electrons. The van der Waals surface area contributed by atoms with Gasteiger partial charge in [0.25, 0.3) is 5.91 Å². The smallest absolute Gasteiger partial charge is 0.255 e. The number of benzene rings is 2. The minimum absolute atomic E-state index is 0.0247. The van der Waals surface area contributed by atoms with Crippen LogP contribution in [0.15, 0.2) is 47.2 Å². The number of fused-ring (bicyclic) bond motifs is 3. The van der Waals surface area contributed by atoms with Crippen molar-refractivity contribution in [2.75, 3.05) is 19.8 Å². The number of aliphatic hydroxyl groups excluding tert-OH is 2. The van der Waals surface area contributed by atoms with Crippen LogP contribution in [0.25, 0.3) is 16.9 Å². The third-order valence-corrected chi connectivity index (χ3v) is 8.19. The van der Waals surface area contributed by atoms with Gasteiger partial charge in [0.15, 0.2) is 11.4 Å². The van der Waals surface area contributed by atoms with E-state index in [-0.39, 0.29) is 29.7 Å². The number of ketones is 2. The van der Waals surface area contributed by atoms with Gasteiger partial charge in [-0.25, -0.2) is 0 Å². The Morgan fingerprint density at radius 3 is 2.39 bits per heavy atom. The first kappa shape index (κ1) is 25.5. The lowest BCUT2D eigenvalue weighted by molar-refractivity contribution is -0.153. The summed E-state index contributed by atoms with van der Waals surface area (Å²) in [6, 6.07) is 7.50. The lowest BCUT2D eigenvalue weighted by Crippen LogP contribution is -2.65. The number of carbonyl (C=O) groups excluding carboxylic acids is 3. The molecule has 5 rings (SSSR count). The Bertz CT molecular complexity index is 1510. The van der Waals surface area contributed by atoms with Crippen molar-refractivity contribution in [2.24, 2.45) is 17.6 Å². The SMILES string of the molecule is Cc1ccc(-c2ccc(O)c3c2C[C@H]2C[C@H]4[C@H](N(C)C)C(=O)C(C(N)=O)=C(O)[C@@]4(O)C(=O)C2=C3O)cc1N. The lowest BCUT2D eigenvalue weighted by atomic mass is 9.57. The highest BCUT2D eigenvalue weighted by Gasteiger charge is 2.64. The number of likely N-dealkylation sites (N-methyl/N-ethyl adjacent to an activating group) is 1. The van der Waals surface area contributed by atoms with E-state index in [0.29, 0.717) is 16.8 Å². The number of hydrogen-bond donors (Lipinski definition) is 6. The molecule has 3 aliphatic carbocycles. The maximum absolute atomic E-state index is 13.9. The minimum atomic E-state index is -2.66. The number of carbonyl (C=O) groups is 3. The molecule has 2 aromatic carbocycles. The molecule has 3 aliphatic rings. The van der Waals surface area contributed by atoms with Crippen LogP contribution in [-0.4, -0.2) is 68.5 Å². The van der Waals surface area contributed by atoms with Crippen molar-refractivity contribution in [2.45, 2.75) is 31.4 Å². The highest BCUT2D eigenvalue weighted by atomic mass is 16.3. The Morgan fingerprint density at radius 2 is 1.79 bits per heavy atom. The second-order valence-electron chi connectivity index (χ2n) is 10.5. The predicted molar refractivity (Wildman–Crippen MR) is 139 cm³/mol. The van der Waals surface area contributed by atoms with Crippen LogP contribution in [0, 0.1) is 18.8 Å². The highest BCUT2D eigenvalue weighted by molar-refractivity contribution is 6.24. The molecule has 38 heavy (non-hydrogen) atoms. The molecule has 1 saturated carbocycles. The number of amides is 1. The molecule has 0 saturated heterocycles. The summed E-state index contributed by atoms with van der Waals surface area (Å²) >= 11 is 0. The van der Waals surface area contributed by atoms with Crippen LogP contribution < -0.4 is 11.5 Å². The summed E-state index contributed by atoms with van der Waals surface area (Å²) in [6.07, 6.45) is 0.225. The summed E-state index contributed by atoms with van der Waals surface area (Å²) in [5.74, 6) is -6.78. The third-order valence-electron chi connectivity index (χ3n) is 8.19. The van der Waals surface area contributed by atoms with E-state index in [1.54, 1.807) is 26.2 Å². The number of phenolic OH excluding ortho intramolecular Hbond substituents is 1. The molecule has 0 unspecified atom stereocenters. The fourth-order valence-corrected chi connectivity index (χ4v) is 6.32. The molecule has 198 valence electrons. The van der Waals surface area contributed by atoms with Gasteiger partial charge >= 0.3 is 0 Å². The van der Waals surface area contributed by atoms with E-state index in [1.807, 2.05) is 19.1 Å². The number of aromatic hydroxyl groups is 1. The maximum atomic E-state index is 13.9. The number of rotatable bonds is 3. The van der Waals surface area contributed by atoms with Crippen LogP contribution in [0.5, 0.6) is 5.75 Å². The number of nitrogen functional groups attached to an aromatic ring is 1. The third kappa shape index (κ3) is 3.30. The molecule has 1 amide bonds. The van der Waals surface area contributed by atoms with E-state index in [1.165, 1.54) is 11.0 Å². The summed E-state index contributed by atoms with van der Waals surface area (Å²) in [7, 11) is 3.12. The molecular weight excluding hydrogens is 490 g/mol. The fourth-order valence-electron chi connectivity index (χ4n) is 6.32. The molecule has 0 heterocycles. The summed E-state index contributed by atoms with van der Waals surface area (Å²) < 4.78 is 0. The van der Waals surface area contributed by atoms with Gasteiger partial charge in [-0.1, -0.05) is 18.2 Å². The number of primary amides is 1. The number of aliphatic hydroxyl groups is 3. The second kappa shape index (κ2) is 8.44. The van der Waals surface area contributed by atoms with Gasteiger partial charge in [-0.3, -0.25) is 19.3 Å². The summed E-state index contributed by atoms with van der Waals surface area (Å²) in [4.78, 5) is 40.6. The van der Waals surface area contributed by atoms with Gasteiger partial charge < -0.3 is 31.9 Å². The van der Waals surface area contributed by atoms with Gasteiger partial charge in [0.1, 0.15) is 22.8 Å². The molecule has 8 N–H and O–H groups in total. The van der Waals surface area contributed by atoms with Crippen molar-refractivity contribution in [3.05, 3.63) is 63.9 Å². The number of aryl methyl sites for hydroxylation is 1. The zero-order valence-electron chi connectivity index (χ0n) is 21.1. The number of nitrogens with zero attached hydrogens (tertiary/aromatic N) is 1. The van der Waals surface area contributed by atoms with Crippen molar-refractivity contribution < 1.29 is 34.8 Å². The molecular formula is C28H29N3O7. The molecule has 0 aliphatic heterocycles. The molecule has 1 fully saturated rings. The Labute approximate surface area is 218 Å². The molecule has 10 heteroatoms. The molecule has 2 aromatic rings. The van der Waals surface area contributed by atoms with Gasteiger partial charge in [0, 0.05) is 17.2 Å². The first-order valence-electron chi connectivity index (χ1n) is 12.2. The van der Waals surface area contributed by atoms with Crippen molar-refractivity contribution in [3.63, 3.8) is 0 Å².